The quantitative estimate of drug-likeness (QED) is 0.570. The minimum Gasteiger partial charge on any atom is -0.550 e. The zero-order valence-electron chi connectivity index (χ0n) is 18.2. The molecule has 158 valence electrons. The number of hydrogen-bond acceptors (Lipinski definition) is 5. The molecule has 0 aliphatic heterocycles. The van der Waals surface area contributed by atoms with Crippen LogP contribution in [0.3, 0.4) is 0 Å². The fraction of sp³-hybridized carbons (Fsp3) is 0.435. The predicted octanol–water partition coefficient (Wildman–Crippen LogP) is 1.07. The van der Waals surface area contributed by atoms with Crippen molar-refractivity contribution in [2.75, 3.05) is 0 Å². The molecule has 1 heterocycles. The van der Waals surface area contributed by atoms with Crippen molar-refractivity contribution in [3.8, 4) is 11.1 Å². The van der Waals surface area contributed by atoms with Crippen LogP contribution in [-0.2, 0) is 4.79 Å². The third-order valence-corrected chi connectivity index (χ3v) is 6.39. The Bertz CT molecular complexity index is 859. The molecular weight excluding hydrogens is 414 g/mol. The van der Waals surface area contributed by atoms with Gasteiger partial charge in [-0.3, -0.25) is 0 Å². The minimum absolute atomic E-state index is 0. The number of carboxylic acid groups (broad SMARTS) is 1. The summed E-state index contributed by atoms with van der Waals surface area (Å²) in [6, 6.07) is 6.38. The van der Waals surface area contributed by atoms with Gasteiger partial charge in [0.1, 0.15) is 5.82 Å². The fourth-order valence-electron chi connectivity index (χ4n) is 3.24. The smallest absolute Gasteiger partial charge is 0.550 e. The summed E-state index contributed by atoms with van der Waals surface area (Å²) in [6.07, 6.45) is 0.631. The summed E-state index contributed by atoms with van der Waals surface area (Å²) in [7, 11) is 0. The molecule has 7 heteroatoms. The molecule has 30 heavy (non-hydrogen) atoms. The van der Waals surface area contributed by atoms with Crippen LogP contribution in [0.2, 0.25) is 0 Å². The van der Waals surface area contributed by atoms with Crippen molar-refractivity contribution in [1.29, 1.82) is 0 Å². The van der Waals surface area contributed by atoms with E-state index in [0.29, 0.717) is 0 Å². The molecule has 0 spiro atoms. The number of thiophene rings is 1. The van der Waals surface area contributed by atoms with Crippen molar-refractivity contribution < 1.29 is 54.1 Å². The van der Waals surface area contributed by atoms with E-state index >= 15 is 0 Å². The Labute approximate surface area is 203 Å². The van der Waals surface area contributed by atoms with Crippen molar-refractivity contribution in [2.24, 2.45) is 0 Å². The Hall–Kier alpha value is -1.02. The number of aliphatic hydroxyl groups is 2. The first-order chi connectivity index (χ1) is 13.6. The van der Waals surface area contributed by atoms with Crippen LogP contribution in [0, 0.1) is 5.82 Å². The van der Waals surface area contributed by atoms with Crippen LogP contribution in [-0.4, -0.2) is 28.4 Å². The van der Waals surface area contributed by atoms with Crippen LogP contribution < -0.4 is 34.7 Å². The molecular formula is C23H28FNaO4S. The average Bonchev–Trinajstić information content (AvgIpc) is 3.00. The van der Waals surface area contributed by atoms with Gasteiger partial charge >= 0.3 is 29.6 Å². The number of carbonyl (C=O) groups excluding carboxylic acids is 1. The van der Waals surface area contributed by atoms with E-state index in [-0.39, 0.29) is 53.6 Å². The van der Waals surface area contributed by atoms with Crippen LogP contribution in [0.15, 0.2) is 30.3 Å². The number of rotatable bonds is 9. The van der Waals surface area contributed by atoms with E-state index in [4.69, 9.17) is 0 Å². The van der Waals surface area contributed by atoms with Crippen molar-refractivity contribution in [3.05, 3.63) is 51.5 Å². The van der Waals surface area contributed by atoms with Crippen LogP contribution in [0.1, 0.15) is 67.7 Å². The second kappa shape index (κ2) is 12.1. The zero-order chi connectivity index (χ0) is 21.7. The first-order valence-electron chi connectivity index (χ1n) is 9.76. The van der Waals surface area contributed by atoms with E-state index < -0.39 is 24.6 Å². The third kappa shape index (κ3) is 7.29. The van der Waals surface area contributed by atoms with Gasteiger partial charge in [-0.25, -0.2) is 4.39 Å². The van der Waals surface area contributed by atoms with Crippen LogP contribution in [0.25, 0.3) is 17.2 Å². The predicted molar refractivity (Wildman–Crippen MR) is 113 cm³/mol. The molecule has 0 aliphatic rings. The van der Waals surface area contributed by atoms with Crippen LogP contribution in [0.5, 0.6) is 0 Å². The van der Waals surface area contributed by atoms with E-state index in [0.717, 1.165) is 21.6 Å². The summed E-state index contributed by atoms with van der Waals surface area (Å²) >= 11 is 1.71. The molecule has 0 unspecified atom stereocenters. The Morgan fingerprint density at radius 2 is 1.67 bits per heavy atom. The molecule has 0 amide bonds. The largest absolute Gasteiger partial charge is 1.00 e. The molecule has 0 fully saturated rings. The first kappa shape index (κ1) is 27.0. The summed E-state index contributed by atoms with van der Waals surface area (Å²) in [4.78, 5) is 12.9. The van der Waals surface area contributed by atoms with E-state index in [9.17, 15) is 24.5 Å². The molecule has 2 atom stereocenters. The Morgan fingerprint density at radius 3 is 2.17 bits per heavy atom. The zero-order valence-corrected chi connectivity index (χ0v) is 21.0. The Balaban J connectivity index is 0.00000450. The molecule has 0 saturated heterocycles. The summed E-state index contributed by atoms with van der Waals surface area (Å²) < 4.78 is 13.4. The van der Waals surface area contributed by atoms with Crippen molar-refractivity contribution in [3.63, 3.8) is 0 Å². The number of carboxylic acids is 1. The monoisotopic (exact) mass is 442 g/mol. The van der Waals surface area contributed by atoms with Crippen LogP contribution in [0.4, 0.5) is 4.39 Å². The SMILES string of the molecule is CC(C)c1sc(C(C)C)c(-c2ccc(F)cc2)c1/C=C/[C@@H](O)C[C@@H](O)CC(=O)[O-].[Na+]. The molecule has 1 aromatic heterocycles. The molecule has 0 aliphatic carbocycles. The topological polar surface area (TPSA) is 80.6 Å². The van der Waals surface area contributed by atoms with Crippen LogP contribution >= 0.6 is 11.3 Å². The van der Waals surface area contributed by atoms with Gasteiger partial charge in [-0.2, -0.15) is 0 Å². The van der Waals surface area contributed by atoms with Gasteiger partial charge in [0.15, 0.2) is 0 Å². The summed E-state index contributed by atoms with van der Waals surface area (Å²) in [6.45, 7) is 8.42. The van der Waals surface area contributed by atoms with E-state index in [2.05, 4.69) is 27.7 Å². The maximum absolute atomic E-state index is 13.4. The number of hydrogen-bond donors (Lipinski definition) is 2. The van der Waals surface area contributed by atoms with Gasteiger partial charge in [0.2, 0.25) is 0 Å². The number of benzene rings is 1. The molecule has 4 nitrogen and oxygen atoms in total. The minimum atomic E-state index is -1.35. The summed E-state index contributed by atoms with van der Waals surface area (Å²) in [5.41, 5.74) is 2.89. The molecule has 0 radical (unpaired) electrons. The molecule has 2 aromatic rings. The van der Waals surface area contributed by atoms with Crippen molar-refractivity contribution in [2.45, 2.75) is 64.6 Å². The molecule has 2 N–H and O–H groups in total. The van der Waals surface area contributed by atoms with Gasteiger partial charge in [-0.1, -0.05) is 52.0 Å². The first-order valence-corrected chi connectivity index (χ1v) is 10.6. The van der Waals surface area contributed by atoms with E-state index in [1.807, 2.05) is 6.08 Å². The van der Waals surface area contributed by atoms with Gasteiger partial charge in [0.25, 0.3) is 0 Å². The number of aliphatic hydroxyl groups excluding tert-OH is 2. The summed E-state index contributed by atoms with van der Waals surface area (Å²) in [5.74, 6) is -1.12. The molecule has 1 aromatic carbocycles. The van der Waals surface area contributed by atoms with E-state index in [1.165, 1.54) is 17.0 Å². The average molecular weight is 443 g/mol. The van der Waals surface area contributed by atoms with Gasteiger partial charge in [0.05, 0.1) is 12.2 Å². The van der Waals surface area contributed by atoms with Gasteiger partial charge < -0.3 is 20.1 Å². The molecule has 2 rings (SSSR count). The second-order valence-corrected chi connectivity index (χ2v) is 8.91. The maximum atomic E-state index is 13.4. The molecule has 0 bridgehead atoms. The molecule has 0 saturated carbocycles. The Kier molecular flexibility index (Phi) is 10.9. The number of carbonyl (C=O) groups is 1. The van der Waals surface area contributed by atoms with Gasteiger partial charge in [0, 0.05) is 34.1 Å². The number of halogens is 1. The summed E-state index contributed by atoms with van der Waals surface area (Å²) in [5, 5.41) is 30.5. The fourth-order valence-corrected chi connectivity index (χ4v) is 4.55. The van der Waals surface area contributed by atoms with Gasteiger partial charge in [-0.15, -0.1) is 11.3 Å². The number of aliphatic carboxylic acids is 1. The normalized spacial score (nSPS) is 13.6. The van der Waals surface area contributed by atoms with Gasteiger partial charge in [-0.05, 0) is 35.1 Å². The Morgan fingerprint density at radius 1 is 1.10 bits per heavy atom. The second-order valence-electron chi connectivity index (χ2n) is 7.83. The van der Waals surface area contributed by atoms with E-state index in [1.54, 1.807) is 29.5 Å². The van der Waals surface area contributed by atoms with Crippen molar-refractivity contribution >= 4 is 23.4 Å². The maximum Gasteiger partial charge on any atom is 1.00 e. The van der Waals surface area contributed by atoms with Crippen molar-refractivity contribution in [1.82, 2.24) is 0 Å². The third-order valence-electron chi connectivity index (χ3n) is 4.58. The standard InChI is InChI=1S/C23H29FO4S.Na/c1-13(2)22-19(10-9-17(25)11-18(26)12-20(27)28)21(23(29-22)14(3)4)15-5-7-16(24)8-6-15;/h5-10,13-14,17-18,25-26H,11-12H2,1-4H3,(H,27,28);/q;+1/p-1/b10-9+;/t17-,18-;/m1./s1.